The first-order valence-electron chi connectivity index (χ1n) is 5.56. The third-order valence-corrected chi connectivity index (χ3v) is 2.19. The Bertz CT molecular complexity index is 277. The van der Waals surface area contributed by atoms with E-state index in [0.29, 0.717) is 6.54 Å². The van der Waals surface area contributed by atoms with Crippen LogP contribution in [0, 0.1) is 5.41 Å². The van der Waals surface area contributed by atoms with E-state index >= 15 is 0 Å². The number of carboxylic acids is 1. The van der Waals surface area contributed by atoms with Gasteiger partial charge in [0, 0.05) is 13.1 Å². The van der Waals surface area contributed by atoms with Gasteiger partial charge in [0.05, 0.1) is 0 Å². The summed E-state index contributed by atoms with van der Waals surface area (Å²) in [6, 6.07) is -1.33. The Balaban J connectivity index is 4.03. The van der Waals surface area contributed by atoms with Crippen LogP contribution in [0.1, 0.15) is 20.8 Å². The molecule has 1 atom stereocenters. The van der Waals surface area contributed by atoms with Crippen LogP contribution in [0.15, 0.2) is 0 Å². The minimum Gasteiger partial charge on any atom is -0.480 e. The van der Waals surface area contributed by atoms with Crippen molar-refractivity contribution in [3.05, 3.63) is 0 Å². The number of carboxylic acid groups (broad SMARTS) is 1. The molecule has 0 aliphatic rings. The first-order chi connectivity index (χ1) is 7.64. The zero-order valence-corrected chi connectivity index (χ0v) is 11.2. The predicted molar refractivity (Wildman–Crippen MR) is 66.0 cm³/mol. The largest absolute Gasteiger partial charge is 0.480 e. The van der Waals surface area contributed by atoms with Gasteiger partial charge in [-0.15, -0.1) is 0 Å². The summed E-state index contributed by atoms with van der Waals surface area (Å²) in [6.45, 7) is 6.82. The van der Waals surface area contributed by atoms with E-state index in [1.807, 2.05) is 32.8 Å². The van der Waals surface area contributed by atoms with Crippen molar-refractivity contribution >= 4 is 12.0 Å². The van der Waals surface area contributed by atoms with Crippen LogP contribution in [0.25, 0.3) is 0 Å². The quantitative estimate of drug-likeness (QED) is 0.630. The maximum Gasteiger partial charge on any atom is 0.325 e. The predicted octanol–water partition coefficient (Wildman–Crippen LogP) is 0.347. The maximum atomic E-state index is 11.4. The van der Waals surface area contributed by atoms with Crippen molar-refractivity contribution in [2.24, 2.45) is 5.41 Å². The van der Waals surface area contributed by atoms with Crippen LogP contribution in [0.2, 0.25) is 0 Å². The fourth-order valence-corrected chi connectivity index (χ4v) is 1.54. The van der Waals surface area contributed by atoms with Crippen molar-refractivity contribution < 1.29 is 14.7 Å². The molecule has 0 heterocycles. The van der Waals surface area contributed by atoms with Gasteiger partial charge in [0.15, 0.2) is 0 Å². The van der Waals surface area contributed by atoms with Gasteiger partial charge in [-0.3, -0.25) is 4.79 Å². The Kier molecular flexibility index (Phi) is 5.95. The van der Waals surface area contributed by atoms with E-state index in [2.05, 4.69) is 10.6 Å². The number of carbonyl (C=O) groups excluding carboxylic acids is 1. The summed E-state index contributed by atoms with van der Waals surface area (Å²) in [6.07, 6.45) is 0. The molecule has 6 nitrogen and oxygen atoms in total. The molecular weight excluding hydrogens is 222 g/mol. The molecule has 0 bridgehead atoms. The van der Waals surface area contributed by atoms with Crippen LogP contribution in [0.4, 0.5) is 4.79 Å². The summed E-state index contributed by atoms with van der Waals surface area (Å²) in [4.78, 5) is 24.0. The minimum atomic E-state index is -1.05. The summed E-state index contributed by atoms with van der Waals surface area (Å²) < 4.78 is 0. The first kappa shape index (κ1) is 15.7. The normalized spacial score (nSPS) is 13.3. The lowest BCUT2D eigenvalue weighted by Crippen LogP contribution is -2.48. The summed E-state index contributed by atoms with van der Waals surface area (Å²) in [5.41, 5.74) is -0.0622. The van der Waals surface area contributed by atoms with Gasteiger partial charge < -0.3 is 20.6 Å². The van der Waals surface area contributed by atoms with Crippen molar-refractivity contribution in [1.29, 1.82) is 0 Å². The number of urea groups is 1. The number of hydrogen-bond donors (Lipinski definition) is 3. The van der Waals surface area contributed by atoms with E-state index in [9.17, 15) is 9.59 Å². The smallest absolute Gasteiger partial charge is 0.325 e. The van der Waals surface area contributed by atoms with E-state index in [0.717, 1.165) is 6.54 Å². The molecule has 2 amide bonds. The molecular formula is C11H23N3O3. The van der Waals surface area contributed by atoms with Gasteiger partial charge in [-0.25, -0.2) is 4.79 Å². The molecule has 0 aromatic carbocycles. The molecule has 17 heavy (non-hydrogen) atoms. The maximum absolute atomic E-state index is 11.4. The van der Waals surface area contributed by atoms with Gasteiger partial charge in [-0.2, -0.15) is 0 Å². The summed E-state index contributed by atoms with van der Waals surface area (Å²) in [7, 11) is 3.93. The van der Waals surface area contributed by atoms with Gasteiger partial charge >= 0.3 is 12.0 Å². The summed E-state index contributed by atoms with van der Waals surface area (Å²) in [5, 5.41) is 13.6. The molecule has 3 N–H and O–H groups in total. The molecule has 0 rings (SSSR count). The second-order valence-corrected chi connectivity index (χ2v) is 5.29. The van der Waals surface area contributed by atoms with Gasteiger partial charge in [0.25, 0.3) is 0 Å². The second kappa shape index (κ2) is 6.44. The number of carbonyl (C=O) groups is 2. The molecule has 0 aromatic heterocycles. The Morgan fingerprint density at radius 2 is 1.88 bits per heavy atom. The fourth-order valence-electron chi connectivity index (χ4n) is 1.54. The average molecular weight is 245 g/mol. The van der Waals surface area contributed by atoms with Crippen LogP contribution in [0.5, 0.6) is 0 Å². The van der Waals surface area contributed by atoms with Crippen LogP contribution in [-0.4, -0.2) is 55.2 Å². The summed E-state index contributed by atoms with van der Waals surface area (Å²) >= 11 is 0. The standard InChI is InChI=1S/C11H23N3O3/c1-8(9(15)16)13-10(17)12-6-11(2,3)7-14(4)5/h8H,6-7H2,1-5H3,(H,15,16)(H2,12,13,17)/t8-/m1/s1. The van der Waals surface area contributed by atoms with Gasteiger partial charge in [0.2, 0.25) is 0 Å². The van der Waals surface area contributed by atoms with Gasteiger partial charge in [0.1, 0.15) is 6.04 Å². The molecule has 0 aliphatic carbocycles. The zero-order valence-electron chi connectivity index (χ0n) is 11.2. The number of nitrogens with one attached hydrogen (secondary N) is 2. The third-order valence-electron chi connectivity index (χ3n) is 2.19. The number of rotatable bonds is 6. The molecule has 0 spiro atoms. The van der Waals surface area contributed by atoms with Crippen molar-refractivity contribution in [1.82, 2.24) is 15.5 Å². The van der Waals surface area contributed by atoms with Crippen molar-refractivity contribution in [2.45, 2.75) is 26.8 Å². The molecule has 0 saturated heterocycles. The third kappa shape index (κ3) is 7.57. The number of nitrogens with zero attached hydrogens (tertiary/aromatic N) is 1. The first-order valence-corrected chi connectivity index (χ1v) is 5.56. The highest BCUT2D eigenvalue weighted by Crippen LogP contribution is 2.13. The van der Waals surface area contributed by atoms with Gasteiger partial charge in [-0.1, -0.05) is 13.8 Å². The molecule has 6 heteroatoms. The SMILES string of the molecule is C[C@@H](NC(=O)NCC(C)(C)CN(C)C)C(=O)O. The minimum absolute atomic E-state index is 0.0622. The van der Waals surface area contributed by atoms with E-state index in [4.69, 9.17) is 5.11 Å². The number of hydrogen-bond acceptors (Lipinski definition) is 3. The number of aliphatic carboxylic acids is 1. The molecule has 0 fully saturated rings. The lowest BCUT2D eigenvalue weighted by molar-refractivity contribution is -0.138. The van der Waals surface area contributed by atoms with Crippen molar-refractivity contribution in [2.75, 3.05) is 27.2 Å². The van der Waals surface area contributed by atoms with Crippen LogP contribution in [-0.2, 0) is 4.79 Å². The fraction of sp³-hybridized carbons (Fsp3) is 0.818. The lowest BCUT2D eigenvalue weighted by Gasteiger charge is -2.28. The van der Waals surface area contributed by atoms with E-state index in [-0.39, 0.29) is 5.41 Å². The van der Waals surface area contributed by atoms with Crippen LogP contribution < -0.4 is 10.6 Å². The summed E-state index contributed by atoms with van der Waals surface area (Å²) in [5.74, 6) is -1.05. The second-order valence-electron chi connectivity index (χ2n) is 5.29. The van der Waals surface area contributed by atoms with Crippen molar-refractivity contribution in [3.8, 4) is 0 Å². The highest BCUT2D eigenvalue weighted by atomic mass is 16.4. The Labute approximate surface area is 102 Å². The number of amides is 2. The highest BCUT2D eigenvalue weighted by Gasteiger charge is 2.20. The Morgan fingerprint density at radius 1 is 1.35 bits per heavy atom. The zero-order chi connectivity index (χ0) is 13.6. The lowest BCUT2D eigenvalue weighted by atomic mass is 9.93. The molecule has 0 aromatic rings. The topological polar surface area (TPSA) is 81.7 Å². The van der Waals surface area contributed by atoms with Crippen LogP contribution >= 0.6 is 0 Å². The van der Waals surface area contributed by atoms with E-state index in [1.165, 1.54) is 6.92 Å². The Morgan fingerprint density at radius 3 is 2.29 bits per heavy atom. The van der Waals surface area contributed by atoms with E-state index < -0.39 is 18.0 Å². The highest BCUT2D eigenvalue weighted by molar-refractivity contribution is 5.82. The molecule has 100 valence electrons. The Hall–Kier alpha value is -1.30. The molecule has 0 aliphatic heterocycles. The average Bonchev–Trinajstić information content (AvgIpc) is 2.12. The molecule has 0 unspecified atom stereocenters. The molecule has 0 radical (unpaired) electrons. The molecule has 0 saturated carbocycles. The van der Waals surface area contributed by atoms with E-state index in [1.54, 1.807) is 0 Å². The van der Waals surface area contributed by atoms with Crippen LogP contribution in [0.3, 0.4) is 0 Å². The van der Waals surface area contributed by atoms with Gasteiger partial charge in [-0.05, 0) is 26.4 Å². The monoisotopic (exact) mass is 245 g/mol. The van der Waals surface area contributed by atoms with Crippen molar-refractivity contribution in [3.63, 3.8) is 0 Å².